The standard InChI is InChI=1S/C13H23N3O4/c17-9-8-14-4-6-15(7-5-14)13(20)16-3-1-2-11(10-16)12(18)19/h11,17H,1-10H2,(H,18,19)/t11-/m1/s1. The molecule has 0 aliphatic carbocycles. The number of amides is 2. The Morgan fingerprint density at radius 2 is 1.75 bits per heavy atom. The van der Waals surface area contributed by atoms with Gasteiger partial charge in [0.1, 0.15) is 0 Å². The van der Waals surface area contributed by atoms with Gasteiger partial charge in [-0.3, -0.25) is 9.69 Å². The van der Waals surface area contributed by atoms with Crippen LogP contribution in [-0.4, -0.2) is 89.3 Å². The largest absolute Gasteiger partial charge is 0.481 e. The first-order valence-corrected chi connectivity index (χ1v) is 7.21. The number of carboxylic acids is 1. The maximum absolute atomic E-state index is 12.4. The number of hydrogen-bond donors (Lipinski definition) is 2. The van der Waals surface area contributed by atoms with E-state index in [0.717, 1.165) is 19.5 Å². The Kier molecular flexibility index (Phi) is 5.19. The fourth-order valence-corrected chi connectivity index (χ4v) is 2.86. The molecule has 7 nitrogen and oxygen atoms in total. The number of β-amino-alcohol motifs (C(OH)–C–C–N with tert-alkyl or cyclic N) is 1. The topological polar surface area (TPSA) is 84.3 Å². The molecule has 0 aromatic rings. The van der Waals surface area contributed by atoms with Gasteiger partial charge < -0.3 is 20.0 Å². The summed E-state index contributed by atoms with van der Waals surface area (Å²) in [6, 6.07) is -0.0420. The van der Waals surface area contributed by atoms with Crippen molar-refractivity contribution in [3.8, 4) is 0 Å². The Bertz CT molecular complexity index is 356. The molecule has 1 atom stereocenters. The van der Waals surface area contributed by atoms with Crippen LogP contribution < -0.4 is 0 Å². The summed E-state index contributed by atoms with van der Waals surface area (Å²) in [6.45, 7) is 4.59. The summed E-state index contributed by atoms with van der Waals surface area (Å²) in [4.78, 5) is 29.0. The van der Waals surface area contributed by atoms with Crippen LogP contribution in [0.25, 0.3) is 0 Å². The highest BCUT2D eigenvalue weighted by atomic mass is 16.4. The number of hydrogen-bond acceptors (Lipinski definition) is 4. The first-order valence-electron chi connectivity index (χ1n) is 7.21. The number of piperidine rings is 1. The monoisotopic (exact) mass is 285 g/mol. The van der Waals surface area contributed by atoms with Gasteiger partial charge in [0.15, 0.2) is 0 Å². The van der Waals surface area contributed by atoms with Gasteiger partial charge in [0.05, 0.1) is 12.5 Å². The number of aliphatic hydroxyl groups excluding tert-OH is 1. The first-order chi connectivity index (χ1) is 9.61. The van der Waals surface area contributed by atoms with E-state index in [4.69, 9.17) is 10.2 Å². The van der Waals surface area contributed by atoms with E-state index in [-0.39, 0.29) is 12.6 Å². The van der Waals surface area contributed by atoms with E-state index in [1.54, 1.807) is 9.80 Å². The SMILES string of the molecule is O=C(O)[C@@H]1CCCN(C(=O)N2CCN(CCO)CC2)C1. The molecule has 0 aromatic heterocycles. The Labute approximate surface area is 118 Å². The lowest BCUT2D eigenvalue weighted by Gasteiger charge is -2.39. The quantitative estimate of drug-likeness (QED) is 0.731. The number of urea groups is 1. The molecule has 20 heavy (non-hydrogen) atoms. The van der Waals surface area contributed by atoms with Crippen molar-refractivity contribution in [2.45, 2.75) is 12.8 Å². The van der Waals surface area contributed by atoms with Gasteiger partial charge in [0.2, 0.25) is 0 Å². The van der Waals surface area contributed by atoms with Gasteiger partial charge >= 0.3 is 12.0 Å². The maximum atomic E-state index is 12.4. The van der Waals surface area contributed by atoms with Crippen molar-refractivity contribution in [2.75, 3.05) is 52.4 Å². The lowest BCUT2D eigenvalue weighted by atomic mass is 9.98. The van der Waals surface area contributed by atoms with Crippen molar-refractivity contribution in [2.24, 2.45) is 5.92 Å². The lowest BCUT2D eigenvalue weighted by Crippen LogP contribution is -2.55. The second-order valence-electron chi connectivity index (χ2n) is 5.46. The van der Waals surface area contributed by atoms with Crippen molar-refractivity contribution in [3.63, 3.8) is 0 Å². The predicted octanol–water partition coefficient (Wildman–Crippen LogP) is -0.487. The molecule has 0 aromatic carbocycles. The summed E-state index contributed by atoms with van der Waals surface area (Å²) in [5, 5.41) is 18.0. The minimum Gasteiger partial charge on any atom is -0.481 e. The van der Waals surface area contributed by atoms with Crippen LogP contribution in [0.2, 0.25) is 0 Å². The third kappa shape index (κ3) is 3.61. The van der Waals surface area contributed by atoms with Gasteiger partial charge in [-0.1, -0.05) is 0 Å². The highest BCUT2D eigenvalue weighted by Gasteiger charge is 2.31. The molecular formula is C13H23N3O4. The molecule has 2 aliphatic heterocycles. The molecule has 2 amide bonds. The fourth-order valence-electron chi connectivity index (χ4n) is 2.86. The van der Waals surface area contributed by atoms with E-state index in [0.29, 0.717) is 39.1 Å². The molecule has 0 saturated carbocycles. The van der Waals surface area contributed by atoms with E-state index in [9.17, 15) is 9.59 Å². The number of nitrogens with zero attached hydrogens (tertiary/aromatic N) is 3. The molecular weight excluding hydrogens is 262 g/mol. The molecule has 2 N–H and O–H groups in total. The molecule has 2 aliphatic rings. The molecule has 2 saturated heterocycles. The van der Waals surface area contributed by atoms with Gasteiger partial charge in [0.25, 0.3) is 0 Å². The van der Waals surface area contributed by atoms with Crippen LogP contribution in [0.1, 0.15) is 12.8 Å². The van der Waals surface area contributed by atoms with Gasteiger partial charge in [0, 0.05) is 45.8 Å². The number of carbonyl (C=O) groups is 2. The highest BCUT2D eigenvalue weighted by Crippen LogP contribution is 2.18. The zero-order valence-corrected chi connectivity index (χ0v) is 11.7. The third-order valence-corrected chi connectivity index (χ3v) is 4.10. The molecule has 2 fully saturated rings. The second kappa shape index (κ2) is 6.90. The minimum atomic E-state index is -0.810. The van der Waals surface area contributed by atoms with Crippen LogP contribution in [0.4, 0.5) is 4.79 Å². The minimum absolute atomic E-state index is 0.0420. The van der Waals surface area contributed by atoms with Crippen LogP contribution in [0.3, 0.4) is 0 Å². The smallest absolute Gasteiger partial charge is 0.320 e. The van der Waals surface area contributed by atoms with Crippen molar-refractivity contribution < 1.29 is 19.8 Å². The summed E-state index contributed by atoms with van der Waals surface area (Å²) in [7, 11) is 0. The van der Waals surface area contributed by atoms with Crippen molar-refractivity contribution >= 4 is 12.0 Å². The van der Waals surface area contributed by atoms with Crippen molar-refractivity contribution in [3.05, 3.63) is 0 Å². The average Bonchev–Trinajstić information content (AvgIpc) is 2.48. The molecule has 7 heteroatoms. The molecule has 0 spiro atoms. The normalized spacial score (nSPS) is 24.8. The summed E-state index contributed by atoms with van der Waals surface area (Å²) in [5.41, 5.74) is 0. The number of likely N-dealkylation sites (tertiary alicyclic amines) is 1. The maximum Gasteiger partial charge on any atom is 0.320 e. The molecule has 0 radical (unpaired) electrons. The summed E-state index contributed by atoms with van der Waals surface area (Å²) < 4.78 is 0. The number of rotatable bonds is 3. The third-order valence-electron chi connectivity index (χ3n) is 4.10. The predicted molar refractivity (Wildman–Crippen MR) is 72.4 cm³/mol. The Morgan fingerprint density at radius 3 is 2.35 bits per heavy atom. The molecule has 114 valence electrons. The van der Waals surface area contributed by atoms with E-state index in [1.165, 1.54) is 0 Å². The summed E-state index contributed by atoms with van der Waals surface area (Å²) >= 11 is 0. The van der Waals surface area contributed by atoms with E-state index < -0.39 is 11.9 Å². The first kappa shape index (κ1) is 15.1. The van der Waals surface area contributed by atoms with Crippen molar-refractivity contribution in [1.82, 2.24) is 14.7 Å². The van der Waals surface area contributed by atoms with E-state index in [2.05, 4.69) is 4.90 Å². The molecule has 0 bridgehead atoms. The lowest BCUT2D eigenvalue weighted by molar-refractivity contribution is -0.143. The van der Waals surface area contributed by atoms with Crippen LogP contribution in [-0.2, 0) is 4.79 Å². The van der Waals surface area contributed by atoms with Crippen LogP contribution in [0.15, 0.2) is 0 Å². The number of aliphatic hydroxyl groups is 1. The van der Waals surface area contributed by atoms with Gasteiger partial charge in [-0.15, -0.1) is 0 Å². The van der Waals surface area contributed by atoms with Crippen LogP contribution in [0, 0.1) is 5.92 Å². The molecule has 2 rings (SSSR count). The Hall–Kier alpha value is -1.34. The second-order valence-corrected chi connectivity index (χ2v) is 5.46. The van der Waals surface area contributed by atoms with Crippen molar-refractivity contribution in [1.29, 1.82) is 0 Å². The number of aliphatic carboxylic acids is 1. The Morgan fingerprint density at radius 1 is 1.05 bits per heavy atom. The molecule has 2 heterocycles. The number of piperazine rings is 1. The summed E-state index contributed by atoms with van der Waals surface area (Å²) in [5.74, 6) is -1.24. The van der Waals surface area contributed by atoms with E-state index in [1.807, 2.05) is 0 Å². The zero-order chi connectivity index (χ0) is 14.5. The Balaban J connectivity index is 1.84. The highest BCUT2D eigenvalue weighted by molar-refractivity contribution is 5.76. The molecule has 0 unspecified atom stereocenters. The number of carbonyl (C=O) groups excluding carboxylic acids is 1. The van der Waals surface area contributed by atoms with Gasteiger partial charge in [-0.05, 0) is 12.8 Å². The van der Waals surface area contributed by atoms with Crippen LogP contribution in [0.5, 0.6) is 0 Å². The fraction of sp³-hybridized carbons (Fsp3) is 0.846. The van der Waals surface area contributed by atoms with Gasteiger partial charge in [-0.25, -0.2) is 4.79 Å². The van der Waals surface area contributed by atoms with Gasteiger partial charge in [-0.2, -0.15) is 0 Å². The number of carboxylic acid groups (broad SMARTS) is 1. The van der Waals surface area contributed by atoms with Crippen LogP contribution >= 0.6 is 0 Å². The zero-order valence-electron chi connectivity index (χ0n) is 11.7. The van der Waals surface area contributed by atoms with E-state index >= 15 is 0 Å². The summed E-state index contributed by atoms with van der Waals surface area (Å²) in [6.07, 6.45) is 1.41. The average molecular weight is 285 g/mol.